The van der Waals surface area contributed by atoms with Crippen LogP contribution in [0.2, 0.25) is 0 Å². The molecule has 1 saturated heterocycles. The minimum atomic E-state index is 0.468. The van der Waals surface area contributed by atoms with Crippen LogP contribution in [0.1, 0.15) is 24.1 Å². The summed E-state index contributed by atoms with van der Waals surface area (Å²) in [6, 6.07) is 2.46. The van der Waals surface area contributed by atoms with E-state index >= 15 is 0 Å². The van der Waals surface area contributed by atoms with Gasteiger partial charge in [-0.2, -0.15) is 10.1 Å². The van der Waals surface area contributed by atoms with E-state index in [1.807, 2.05) is 37.5 Å². The van der Waals surface area contributed by atoms with E-state index in [0.717, 1.165) is 37.1 Å². The quantitative estimate of drug-likeness (QED) is 0.900. The summed E-state index contributed by atoms with van der Waals surface area (Å²) in [6.07, 6.45) is 6.18. The SMILES string of the molecule is Cc1[nH]ncc1CN1CCCC(N(C)c2ccnc(N(C)C)n2)C1. The van der Waals surface area contributed by atoms with Gasteiger partial charge in [0.2, 0.25) is 5.95 Å². The summed E-state index contributed by atoms with van der Waals surface area (Å²) in [4.78, 5) is 15.7. The first kappa shape index (κ1) is 16.7. The summed E-state index contributed by atoms with van der Waals surface area (Å²) < 4.78 is 0. The van der Waals surface area contributed by atoms with Gasteiger partial charge >= 0.3 is 0 Å². The third-order valence-electron chi connectivity index (χ3n) is 4.75. The number of likely N-dealkylation sites (N-methyl/N-ethyl adjacent to an activating group) is 1. The van der Waals surface area contributed by atoms with E-state index in [1.165, 1.54) is 18.4 Å². The molecule has 1 fully saturated rings. The number of aromatic amines is 1. The highest BCUT2D eigenvalue weighted by molar-refractivity contribution is 5.43. The van der Waals surface area contributed by atoms with Crippen LogP contribution in [0.5, 0.6) is 0 Å². The maximum absolute atomic E-state index is 4.67. The molecule has 1 N–H and O–H groups in total. The molecule has 2 aromatic heterocycles. The number of aromatic nitrogens is 4. The second-order valence-electron chi connectivity index (χ2n) is 6.77. The first-order valence-corrected chi connectivity index (χ1v) is 8.49. The number of anilines is 2. The molecular formula is C17H27N7. The van der Waals surface area contributed by atoms with E-state index in [9.17, 15) is 0 Å². The zero-order valence-corrected chi connectivity index (χ0v) is 15.0. The lowest BCUT2D eigenvalue weighted by Gasteiger charge is -2.38. The van der Waals surface area contributed by atoms with Gasteiger partial charge in [-0.15, -0.1) is 0 Å². The fourth-order valence-corrected chi connectivity index (χ4v) is 3.20. The molecule has 3 rings (SSSR count). The Kier molecular flexibility index (Phi) is 4.99. The molecule has 2 aromatic rings. The fraction of sp³-hybridized carbons (Fsp3) is 0.588. The molecular weight excluding hydrogens is 302 g/mol. The number of hydrogen-bond donors (Lipinski definition) is 1. The molecule has 7 nitrogen and oxygen atoms in total. The Morgan fingerprint density at radius 1 is 1.33 bits per heavy atom. The number of hydrogen-bond acceptors (Lipinski definition) is 6. The number of nitrogens with one attached hydrogen (secondary N) is 1. The van der Waals surface area contributed by atoms with Crippen molar-refractivity contribution in [2.75, 3.05) is 44.0 Å². The molecule has 1 atom stereocenters. The average molecular weight is 329 g/mol. The Bertz CT molecular complexity index is 666. The zero-order chi connectivity index (χ0) is 17.1. The number of rotatable bonds is 5. The number of nitrogens with zero attached hydrogens (tertiary/aromatic N) is 6. The summed E-state index contributed by atoms with van der Waals surface area (Å²) in [5.74, 6) is 1.74. The van der Waals surface area contributed by atoms with Crippen molar-refractivity contribution in [2.24, 2.45) is 0 Å². The van der Waals surface area contributed by atoms with E-state index in [1.54, 1.807) is 0 Å². The van der Waals surface area contributed by atoms with Gasteiger partial charge in [-0.05, 0) is 32.4 Å². The summed E-state index contributed by atoms with van der Waals surface area (Å²) in [5, 5.41) is 7.16. The highest BCUT2D eigenvalue weighted by Crippen LogP contribution is 2.22. The maximum Gasteiger partial charge on any atom is 0.226 e. The molecule has 0 saturated carbocycles. The van der Waals surface area contributed by atoms with Crippen molar-refractivity contribution in [2.45, 2.75) is 32.4 Å². The maximum atomic E-state index is 4.67. The van der Waals surface area contributed by atoms with Crippen molar-refractivity contribution in [3.05, 3.63) is 29.7 Å². The minimum Gasteiger partial charge on any atom is -0.355 e. The summed E-state index contributed by atoms with van der Waals surface area (Å²) in [5.41, 5.74) is 2.45. The molecule has 0 radical (unpaired) electrons. The molecule has 7 heteroatoms. The molecule has 1 unspecified atom stereocenters. The van der Waals surface area contributed by atoms with Crippen LogP contribution in [-0.2, 0) is 6.54 Å². The lowest BCUT2D eigenvalue weighted by atomic mass is 10.0. The summed E-state index contributed by atoms with van der Waals surface area (Å²) >= 11 is 0. The van der Waals surface area contributed by atoms with E-state index in [-0.39, 0.29) is 0 Å². The Labute approximate surface area is 143 Å². The molecule has 1 aliphatic rings. The van der Waals surface area contributed by atoms with Gasteiger partial charge in [0.1, 0.15) is 5.82 Å². The number of aryl methyl sites for hydroxylation is 1. The van der Waals surface area contributed by atoms with Crippen LogP contribution in [0.25, 0.3) is 0 Å². The van der Waals surface area contributed by atoms with Crippen molar-refractivity contribution >= 4 is 11.8 Å². The molecule has 0 spiro atoms. The molecule has 3 heterocycles. The van der Waals surface area contributed by atoms with Crippen LogP contribution in [0, 0.1) is 6.92 Å². The van der Waals surface area contributed by atoms with Crippen LogP contribution < -0.4 is 9.80 Å². The second kappa shape index (κ2) is 7.17. The van der Waals surface area contributed by atoms with Crippen molar-refractivity contribution in [1.29, 1.82) is 0 Å². The van der Waals surface area contributed by atoms with Gasteiger partial charge in [-0.25, -0.2) is 4.98 Å². The van der Waals surface area contributed by atoms with E-state index in [0.29, 0.717) is 6.04 Å². The van der Waals surface area contributed by atoms with Gasteiger partial charge in [-0.3, -0.25) is 10.00 Å². The largest absolute Gasteiger partial charge is 0.355 e. The van der Waals surface area contributed by atoms with Gasteiger partial charge in [0, 0.05) is 57.7 Å². The van der Waals surface area contributed by atoms with Gasteiger partial charge in [-0.1, -0.05) is 0 Å². The number of likely N-dealkylation sites (tertiary alicyclic amines) is 1. The van der Waals surface area contributed by atoms with E-state index < -0.39 is 0 Å². The molecule has 1 aliphatic heterocycles. The van der Waals surface area contributed by atoms with Crippen LogP contribution in [0.3, 0.4) is 0 Å². The van der Waals surface area contributed by atoms with Gasteiger partial charge in [0.25, 0.3) is 0 Å². The molecule has 0 aromatic carbocycles. The third-order valence-corrected chi connectivity index (χ3v) is 4.75. The highest BCUT2D eigenvalue weighted by atomic mass is 15.3. The van der Waals surface area contributed by atoms with Gasteiger partial charge < -0.3 is 9.80 Å². The number of piperidine rings is 1. The predicted octanol–water partition coefficient (Wildman–Crippen LogP) is 1.67. The first-order chi connectivity index (χ1) is 11.5. The molecule has 0 bridgehead atoms. The standard InChI is InChI=1S/C17H27N7/c1-13-14(10-19-21-13)11-24-9-5-6-15(12-24)23(4)16-7-8-18-17(20-16)22(2)3/h7-8,10,15H,5-6,9,11-12H2,1-4H3,(H,19,21). The second-order valence-corrected chi connectivity index (χ2v) is 6.77. The Balaban J connectivity index is 1.67. The van der Waals surface area contributed by atoms with Gasteiger partial charge in [0.05, 0.1) is 6.20 Å². The highest BCUT2D eigenvalue weighted by Gasteiger charge is 2.25. The van der Waals surface area contributed by atoms with Crippen molar-refractivity contribution in [1.82, 2.24) is 25.1 Å². The molecule has 0 amide bonds. The lowest BCUT2D eigenvalue weighted by Crippen LogP contribution is -2.46. The van der Waals surface area contributed by atoms with Crippen LogP contribution >= 0.6 is 0 Å². The van der Waals surface area contributed by atoms with E-state index in [4.69, 9.17) is 0 Å². The number of H-pyrrole nitrogens is 1. The van der Waals surface area contributed by atoms with Crippen LogP contribution in [-0.4, -0.2) is 65.3 Å². The van der Waals surface area contributed by atoms with Crippen molar-refractivity contribution in [3.8, 4) is 0 Å². The Morgan fingerprint density at radius 2 is 2.17 bits per heavy atom. The van der Waals surface area contributed by atoms with Crippen molar-refractivity contribution in [3.63, 3.8) is 0 Å². The van der Waals surface area contributed by atoms with Crippen LogP contribution in [0.15, 0.2) is 18.5 Å². The topological polar surface area (TPSA) is 64.2 Å². The fourth-order valence-electron chi connectivity index (χ4n) is 3.20. The van der Waals surface area contributed by atoms with E-state index in [2.05, 4.69) is 43.9 Å². The molecule has 130 valence electrons. The average Bonchev–Trinajstić information content (AvgIpc) is 2.99. The monoisotopic (exact) mass is 329 g/mol. The normalized spacial score (nSPS) is 18.6. The Hall–Kier alpha value is -2.15. The molecule has 24 heavy (non-hydrogen) atoms. The summed E-state index contributed by atoms with van der Waals surface area (Å²) in [6.45, 7) is 5.23. The smallest absolute Gasteiger partial charge is 0.226 e. The zero-order valence-electron chi connectivity index (χ0n) is 15.0. The minimum absolute atomic E-state index is 0.468. The third kappa shape index (κ3) is 3.67. The summed E-state index contributed by atoms with van der Waals surface area (Å²) in [7, 11) is 6.07. The Morgan fingerprint density at radius 3 is 2.88 bits per heavy atom. The molecule has 0 aliphatic carbocycles. The van der Waals surface area contributed by atoms with Crippen molar-refractivity contribution < 1.29 is 0 Å². The first-order valence-electron chi connectivity index (χ1n) is 8.49. The lowest BCUT2D eigenvalue weighted by molar-refractivity contribution is 0.198. The van der Waals surface area contributed by atoms with Gasteiger partial charge in [0.15, 0.2) is 0 Å². The predicted molar refractivity (Wildman–Crippen MR) is 96.4 cm³/mol. The van der Waals surface area contributed by atoms with Crippen LogP contribution in [0.4, 0.5) is 11.8 Å².